The van der Waals surface area contributed by atoms with Gasteiger partial charge < -0.3 is 14.2 Å². The van der Waals surface area contributed by atoms with Crippen LogP contribution < -0.4 is 4.90 Å². The van der Waals surface area contributed by atoms with Gasteiger partial charge in [-0.2, -0.15) is 9.50 Å². The maximum Gasteiger partial charge on any atom is 0.433 e. The maximum absolute atomic E-state index is 12.6. The van der Waals surface area contributed by atoms with Crippen LogP contribution in [0.4, 0.5) is 11.8 Å². The number of aromatic nitrogens is 4. The summed E-state index contributed by atoms with van der Waals surface area (Å²) in [6.07, 6.45) is 1.62. The van der Waals surface area contributed by atoms with Gasteiger partial charge in [0.05, 0.1) is 16.8 Å². The second kappa shape index (κ2) is 8.34. The van der Waals surface area contributed by atoms with Crippen LogP contribution in [0.25, 0.3) is 17.0 Å². The van der Waals surface area contributed by atoms with Gasteiger partial charge in [0.25, 0.3) is 11.7 Å². The van der Waals surface area contributed by atoms with Crippen LogP contribution >= 0.6 is 23.2 Å². The molecule has 1 amide bonds. The van der Waals surface area contributed by atoms with Gasteiger partial charge in [-0.3, -0.25) is 14.9 Å². The summed E-state index contributed by atoms with van der Waals surface area (Å²) in [6, 6.07) is 9.43. The van der Waals surface area contributed by atoms with Crippen LogP contribution in [-0.2, 0) is 0 Å². The molecule has 3 aromatic heterocycles. The molecule has 1 saturated heterocycles. The van der Waals surface area contributed by atoms with E-state index in [4.69, 9.17) is 27.6 Å². The van der Waals surface area contributed by atoms with E-state index in [1.54, 1.807) is 39.9 Å². The lowest BCUT2D eigenvalue weighted by Crippen LogP contribution is -2.49. The van der Waals surface area contributed by atoms with Crippen LogP contribution in [0.3, 0.4) is 0 Å². The fraction of sp³-hybridized carbons (Fsp3) is 0.200. The van der Waals surface area contributed by atoms with Crippen molar-refractivity contribution in [2.24, 2.45) is 0 Å². The first-order valence-corrected chi connectivity index (χ1v) is 10.6. The summed E-state index contributed by atoms with van der Waals surface area (Å²) < 4.78 is 6.63. The number of piperazine rings is 1. The van der Waals surface area contributed by atoms with E-state index in [0.29, 0.717) is 59.2 Å². The number of carbonyl (C=O) groups is 1. The van der Waals surface area contributed by atoms with Crippen molar-refractivity contribution in [3.8, 4) is 11.3 Å². The number of fused-ring (bicyclic) bond motifs is 1. The van der Waals surface area contributed by atoms with Crippen molar-refractivity contribution in [1.82, 2.24) is 24.5 Å². The summed E-state index contributed by atoms with van der Waals surface area (Å²) in [6.45, 7) is 1.70. The van der Waals surface area contributed by atoms with Gasteiger partial charge in [0.1, 0.15) is 4.92 Å². The van der Waals surface area contributed by atoms with E-state index in [2.05, 4.69) is 15.1 Å². The molecule has 5 rings (SSSR count). The third-order valence-electron chi connectivity index (χ3n) is 5.27. The molecule has 168 valence electrons. The highest BCUT2D eigenvalue weighted by Crippen LogP contribution is 2.30. The summed E-state index contributed by atoms with van der Waals surface area (Å²) >= 11 is 12.5. The number of hydrogen-bond donors (Lipinski definition) is 0. The molecule has 0 atom stereocenters. The van der Waals surface area contributed by atoms with E-state index in [-0.39, 0.29) is 5.76 Å². The van der Waals surface area contributed by atoms with Crippen molar-refractivity contribution in [2.45, 2.75) is 0 Å². The van der Waals surface area contributed by atoms with E-state index < -0.39 is 16.7 Å². The molecule has 1 aliphatic rings. The number of furan rings is 1. The number of hydrogen-bond acceptors (Lipinski definition) is 8. The van der Waals surface area contributed by atoms with Gasteiger partial charge in [0.2, 0.25) is 5.95 Å². The number of benzene rings is 1. The molecule has 0 N–H and O–H groups in total. The Morgan fingerprint density at radius 2 is 1.88 bits per heavy atom. The third-order valence-corrected chi connectivity index (χ3v) is 5.83. The summed E-state index contributed by atoms with van der Waals surface area (Å²) in [7, 11) is 0. The summed E-state index contributed by atoms with van der Waals surface area (Å²) in [5, 5.41) is 16.5. The summed E-state index contributed by atoms with van der Waals surface area (Å²) in [4.78, 5) is 35.0. The number of amides is 1. The number of nitro groups is 1. The van der Waals surface area contributed by atoms with Crippen LogP contribution in [0.2, 0.25) is 10.0 Å². The molecule has 1 fully saturated rings. The van der Waals surface area contributed by atoms with Crippen LogP contribution in [0.5, 0.6) is 0 Å². The van der Waals surface area contributed by atoms with Gasteiger partial charge in [-0.05, 0) is 30.3 Å². The van der Waals surface area contributed by atoms with E-state index >= 15 is 0 Å². The molecule has 11 nitrogen and oxygen atoms in total. The van der Waals surface area contributed by atoms with Gasteiger partial charge >= 0.3 is 5.88 Å². The zero-order valence-electron chi connectivity index (χ0n) is 16.9. The number of halogens is 2. The van der Waals surface area contributed by atoms with Crippen molar-refractivity contribution in [3.63, 3.8) is 0 Å². The zero-order valence-corrected chi connectivity index (χ0v) is 18.4. The SMILES string of the molecule is O=C(c1ccc([N+](=O)[O-])o1)N1CCN(c2nc3nccc(-c4cc(Cl)ccc4Cl)n3n2)CC1. The Labute approximate surface area is 196 Å². The summed E-state index contributed by atoms with van der Waals surface area (Å²) in [5.41, 5.74) is 1.40. The molecule has 33 heavy (non-hydrogen) atoms. The lowest BCUT2D eigenvalue weighted by molar-refractivity contribution is -0.402. The molecule has 0 aliphatic carbocycles. The van der Waals surface area contributed by atoms with Crippen LogP contribution in [-0.4, -0.2) is 61.5 Å². The van der Waals surface area contributed by atoms with Crippen molar-refractivity contribution < 1.29 is 14.1 Å². The van der Waals surface area contributed by atoms with Gasteiger partial charge in [-0.15, -0.1) is 5.10 Å². The molecule has 13 heteroatoms. The van der Waals surface area contributed by atoms with Crippen molar-refractivity contribution in [2.75, 3.05) is 31.1 Å². The Morgan fingerprint density at radius 1 is 1.09 bits per heavy atom. The van der Waals surface area contributed by atoms with Crippen molar-refractivity contribution in [3.05, 3.63) is 68.5 Å². The quantitative estimate of drug-likeness (QED) is 0.316. The average molecular weight is 488 g/mol. The van der Waals surface area contributed by atoms with Crippen LogP contribution in [0.1, 0.15) is 10.6 Å². The Hall–Kier alpha value is -3.70. The number of carbonyl (C=O) groups excluding carboxylic acids is 1. The monoisotopic (exact) mass is 487 g/mol. The predicted molar refractivity (Wildman–Crippen MR) is 120 cm³/mol. The third kappa shape index (κ3) is 3.96. The van der Waals surface area contributed by atoms with E-state index in [1.165, 1.54) is 12.1 Å². The topological polar surface area (TPSA) is 123 Å². The first-order valence-electron chi connectivity index (χ1n) is 9.86. The number of nitrogens with zero attached hydrogens (tertiary/aromatic N) is 7. The highest BCUT2D eigenvalue weighted by atomic mass is 35.5. The minimum atomic E-state index is -0.678. The fourth-order valence-electron chi connectivity index (χ4n) is 3.62. The van der Waals surface area contributed by atoms with Crippen molar-refractivity contribution >= 4 is 46.7 Å². The number of rotatable bonds is 4. The maximum atomic E-state index is 12.6. The van der Waals surface area contributed by atoms with Gasteiger partial charge in [0, 0.05) is 43.0 Å². The minimum Gasteiger partial charge on any atom is -0.395 e. The largest absolute Gasteiger partial charge is 0.433 e. The normalized spacial score (nSPS) is 14.1. The second-order valence-corrected chi connectivity index (χ2v) is 8.10. The van der Waals surface area contributed by atoms with Crippen LogP contribution in [0, 0.1) is 10.1 Å². The smallest absolute Gasteiger partial charge is 0.395 e. The highest BCUT2D eigenvalue weighted by Gasteiger charge is 2.27. The lowest BCUT2D eigenvalue weighted by atomic mass is 10.1. The Bertz CT molecular complexity index is 1380. The van der Waals surface area contributed by atoms with Crippen LogP contribution in [0.15, 0.2) is 47.0 Å². The van der Waals surface area contributed by atoms with E-state index in [1.807, 2.05) is 4.90 Å². The van der Waals surface area contributed by atoms with Gasteiger partial charge in [0.15, 0.2) is 5.76 Å². The van der Waals surface area contributed by atoms with Gasteiger partial charge in [-0.25, -0.2) is 4.98 Å². The average Bonchev–Trinajstić information content (AvgIpc) is 3.48. The summed E-state index contributed by atoms with van der Waals surface area (Å²) in [5.74, 6) is -0.0544. The molecule has 1 aromatic carbocycles. The lowest BCUT2D eigenvalue weighted by Gasteiger charge is -2.33. The minimum absolute atomic E-state index is 0.0618. The van der Waals surface area contributed by atoms with E-state index in [0.717, 1.165) is 0 Å². The number of anilines is 1. The molecule has 0 radical (unpaired) electrons. The fourth-order valence-corrected chi connectivity index (χ4v) is 4.01. The zero-order chi connectivity index (χ0) is 23.1. The highest BCUT2D eigenvalue weighted by molar-refractivity contribution is 6.35. The molecule has 4 heterocycles. The molecule has 1 aliphatic heterocycles. The first kappa shape index (κ1) is 21.2. The molecule has 0 saturated carbocycles. The predicted octanol–water partition coefficient (Wildman–Crippen LogP) is 3.56. The molecule has 4 aromatic rings. The molecule has 0 unspecified atom stereocenters. The molecule has 0 bridgehead atoms. The second-order valence-electron chi connectivity index (χ2n) is 7.25. The Balaban J connectivity index is 1.35. The van der Waals surface area contributed by atoms with E-state index in [9.17, 15) is 14.9 Å². The Kier molecular flexibility index (Phi) is 5.35. The first-order chi connectivity index (χ1) is 15.9. The molecular weight excluding hydrogens is 473 g/mol. The van der Waals surface area contributed by atoms with Gasteiger partial charge in [-0.1, -0.05) is 23.2 Å². The standard InChI is InChI=1S/C20H15Cl2N7O4/c21-12-1-2-14(22)13(11-12)15-5-6-23-19-24-20(25-28(15)19)27-9-7-26(8-10-27)18(30)16-3-4-17(33-16)29(31)32/h1-6,11H,7-10H2. The Morgan fingerprint density at radius 3 is 2.61 bits per heavy atom. The molecular formula is C20H15Cl2N7O4. The van der Waals surface area contributed by atoms with Crippen molar-refractivity contribution in [1.29, 1.82) is 0 Å². The molecule has 0 spiro atoms.